The van der Waals surface area contributed by atoms with Crippen LogP contribution >= 0.6 is 0 Å². The van der Waals surface area contributed by atoms with Crippen molar-refractivity contribution in [1.82, 2.24) is 20.4 Å². The lowest BCUT2D eigenvalue weighted by Gasteiger charge is -2.33. The highest BCUT2D eigenvalue weighted by atomic mass is 16.1. The van der Waals surface area contributed by atoms with Gasteiger partial charge in [0.2, 0.25) is 5.91 Å². The Labute approximate surface area is 156 Å². The van der Waals surface area contributed by atoms with Crippen molar-refractivity contribution in [3.05, 3.63) is 52.8 Å². The molecule has 0 bridgehead atoms. The van der Waals surface area contributed by atoms with Crippen LogP contribution in [0.25, 0.3) is 0 Å². The number of aryl methyl sites for hydroxylation is 2. The van der Waals surface area contributed by atoms with E-state index in [-0.39, 0.29) is 5.91 Å². The van der Waals surface area contributed by atoms with Crippen molar-refractivity contribution in [2.45, 2.75) is 45.4 Å². The average molecular weight is 354 g/mol. The quantitative estimate of drug-likeness (QED) is 0.804. The third-order valence-electron chi connectivity index (χ3n) is 5.47. The minimum atomic E-state index is 0.113. The number of carbonyl (C=O) groups is 1. The van der Waals surface area contributed by atoms with Crippen LogP contribution in [0.3, 0.4) is 0 Å². The van der Waals surface area contributed by atoms with E-state index >= 15 is 0 Å². The largest absolute Gasteiger partial charge is 0.355 e. The molecule has 5 heteroatoms. The lowest BCUT2D eigenvalue weighted by molar-refractivity contribution is -0.121. The molecule has 0 saturated carbocycles. The van der Waals surface area contributed by atoms with Gasteiger partial charge < -0.3 is 10.2 Å². The number of aromatic amines is 1. The summed E-state index contributed by atoms with van der Waals surface area (Å²) in [6, 6.07) is 10.8. The van der Waals surface area contributed by atoms with Crippen LogP contribution in [0.15, 0.2) is 30.3 Å². The van der Waals surface area contributed by atoms with Crippen molar-refractivity contribution in [1.29, 1.82) is 0 Å². The van der Waals surface area contributed by atoms with Crippen LogP contribution in [0.2, 0.25) is 0 Å². The Morgan fingerprint density at radius 1 is 1.31 bits per heavy atom. The summed E-state index contributed by atoms with van der Waals surface area (Å²) < 4.78 is 0. The van der Waals surface area contributed by atoms with Crippen molar-refractivity contribution >= 4 is 5.91 Å². The fourth-order valence-electron chi connectivity index (χ4n) is 3.71. The molecule has 2 aromatic rings. The number of nitrogens with one attached hydrogen (secondary N) is 2. The van der Waals surface area contributed by atoms with Crippen molar-refractivity contribution in [3.63, 3.8) is 0 Å². The fourth-order valence-corrected chi connectivity index (χ4v) is 3.71. The standard InChI is InChI=1S/C21H30N4O/c1-16-17(2)23-24-20(16)10-11-21(26)22-12-14-25-13-6-9-19(15-25)18-7-4-3-5-8-18/h3-5,7-8,19H,6,9-15H2,1-2H3,(H,22,26)(H,23,24)/t19-/m1/s1. The first-order chi connectivity index (χ1) is 12.6. The first-order valence-electron chi connectivity index (χ1n) is 9.68. The molecule has 1 saturated heterocycles. The molecular formula is C21H30N4O. The minimum absolute atomic E-state index is 0.113. The number of H-pyrrole nitrogens is 1. The van der Waals surface area contributed by atoms with E-state index in [0.29, 0.717) is 18.8 Å². The predicted octanol–water partition coefficient (Wildman–Crippen LogP) is 2.95. The zero-order valence-corrected chi connectivity index (χ0v) is 15.9. The number of likely N-dealkylation sites (tertiary alicyclic amines) is 1. The van der Waals surface area contributed by atoms with Gasteiger partial charge >= 0.3 is 0 Å². The maximum Gasteiger partial charge on any atom is 0.220 e. The Kier molecular flexibility index (Phi) is 6.45. The monoisotopic (exact) mass is 354 g/mol. The summed E-state index contributed by atoms with van der Waals surface area (Å²) in [7, 11) is 0. The molecule has 2 N–H and O–H groups in total. The van der Waals surface area contributed by atoms with Gasteiger partial charge in [-0.25, -0.2) is 0 Å². The number of aromatic nitrogens is 2. The van der Waals surface area contributed by atoms with E-state index in [0.717, 1.165) is 43.1 Å². The summed E-state index contributed by atoms with van der Waals surface area (Å²) >= 11 is 0. The van der Waals surface area contributed by atoms with Gasteiger partial charge in [0.25, 0.3) is 0 Å². The minimum Gasteiger partial charge on any atom is -0.355 e. The highest BCUT2D eigenvalue weighted by Gasteiger charge is 2.20. The molecular weight excluding hydrogens is 324 g/mol. The maximum absolute atomic E-state index is 12.1. The van der Waals surface area contributed by atoms with Crippen LogP contribution in [0, 0.1) is 13.8 Å². The summed E-state index contributed by atoms with van der Waals surface area (Å²) in [5.74, 6) is 0.730. The highest BCUT2D eigenvalue weighted by molar-refractivity contribution is 5.76. The second-order valence-electron chi connectivity index (χ2n) is 7.32. The van der Waals surface area contributed by atoms with Gasteiger partial charge in [0.1, 0.15) is 0 Å². The van der Waals surface area contributed by atoms with E-state index in [2.05, 4.69) is 50.7 Å². The van der Waals surface area contributed by atoms with Crippen LogP contribution in [0.4, 0.5) is 0 Å². The summed E-state index contributed by atoms with van der Waals surface area (Å²) in [6.45, 7) is 7.92. The number of hydrogen-bond donors (Lipinski definition) is 2. The number of hydrogen-bond acceptors (Lipinski definition) is 3. The van der Waals surface area contributed by atoms with E-state index in [1.807, 2.05) is 13.8 Å². The molecule has 140 valence electrons. The molecule has 0 radical (unpaired) electrons. The molecule has 3 rings (SSSR count). The van der Waals surface area contributed by atoms with Crippen LogP contribution in [0.5, 0.6) is 0 Å². The Balaban J connectivity index is 1.37. The fraction of sp³-hybridized carbons (Fsp3) is 0.524. The molecule has 0 unspecified atom stereocenters. The number of carbonyl (C=O) groups excluding carboxylic acids is 1. The van der Waals surface area contributed by atoms with Gasteiger partial charge in [0.05, 0.1) is 5.69 Å². The number of piperidine rings is 1. The van der Waals surface area contributed by atoms with E-state index in [9.17, 15) is 4.79 Å². The molecule has 1 aliphatic rings. The maximum atomic E-state index is 12.1. The second kappa shape index (κ2) is 8.99. The van der Waals surface area contributed by atoms with E-state index in [1.54, 1.807) is 0 Å². The number of benzene rings is 1. The lowest BCUT2D eigenvalue weighted by atomic mass is 9.91. The molecule has 1 aromatic carbocycles. The van der Waals surface area contributed by atoms with Gasteiger partial charge in [-0.15, -0.1) is 0 Å². The summed E-state index contributed by atoms with van der Waals surface area (Å²) in [6.07, 6.45) is 3.68. The molecule has 0 spiro atoms. The van der Waals surface area contributed by atoms with Crippen molar-refractivity contribution < 1.29 is 4.79 Å². The molecule has 1 fully saturated rings. The van der Waals surface area contributed by atoms with Crippen LogP contribution < -0.4 is 5.32 Å². The van der Waals surface area contributed by atoms with Gasteiger partial charge in [-0.3, -0.25) is 9.89 Å². The molecule has 1 amide bonds. The van der Waals surface area contributed by atoms with Gasteiger partial charge in [-0.2, -0.15) is 5.10 Å². The first-order valence-corrected chi connectivity index (χ1v) is 9.68. The van der Waals surface area contributed by atoms with Crippen LogP contribution in [0.1, 0.15) is 47.7 Å². The molecule has 1 aliphatic heterocycles. The molecule has 1 atom stereocenters. The van der Waals surface area contributed by atoms with E-state index in [4.69, 9.17) is 0 Å². The Hall–Kier alpha value is -2.14. The van der Waals surface area contributed by atoms with Crippen LogP contribution in [-0.4, -0.2) is 47.2 Å². The average Bonchev–Trinajstić information content (AvgIpc) is 2.99. The molecule has 5 nitrogen and oxygen atoms in total. The molecule has 0 aliphatic carbocycles. The second-order valence-corrected chi connectivity index (χ2v) is 7.32. The number of nitrogens with zero attached hydrogens (tertiary/aromatic N) is 2. The number of amides is 1. The Bertz CT molecular complexity index is 710. The summed E-state index contributed by atoms with van der Waals surface area (Å²) in [4.78, 5) is 14.6. The topological polar surface area (TPSA) is 61.0 Å². The Morgan fingerprint density at radius 3 is 2.85 bits per heavy atom. The van der Waals surface area contributed by atoms with E-state index < -0.39 is 0 Å². The van der Waals surface area contributed by atoms with Crippen molar-refractivity contribution in [2.24, 2.45) is 0 Å². The highest BCUT2D eigenvalue weighted by Crippen LogP contribution is 2.26. The van der Waals surface area contributed by atoms with Gasteiger partial charge in [-0.05, 0) is 50.3 Å². The normalized spacial score (nSPS) is 18.0. The van der Waals surface area contributed by atoms with Crippen LogP contribution in [-0.2, 0) is 11.2 Å². The first kappa shape index (κ1) is 18.6. The summed E-state index contributed by atoms with van der Waals surface area (Å²) in [5.41, 5.74) is 4.68. The SMILES string of the molecule is Cc1[nH]nc(CCC(=O)NCCN2CCC[C@@H](c3ccccc3)C2)c1C. The molecule has 2 heterocycles. The Morgan fingerprint density at radius 2 is 2.12 bits per heavy atom. The third-order valence-corrected chi connectivity index (χ3v) is 5.47. The predicted molar refractivity (Wildman–Crippen MR) is 104 cm³/mol. The summed E-state index contributed by atoms with van der Waals surface area (Å²) in [5, 5.41) is 10.3. The van der Waals surface area contributed by atoms with E-state index in [1.165, 1.54) is 18.4 Å². The number of rotatable bonds is 7. The molecule has 1 aromatic heterocycles. The molecule has 26 heavy (non-hydrogen) atoms. The van der Waals surface area contributed by atoms with Gasteiger partial charge in [0.15, 0.2) is 0 Å². The zero-order valence-electron chi connectivity index (χ0n) is 15.9. The van der Waals surface area contributed by atoms with Crippen molar-refractivity contribution in [2.75, 3.05) is 26.2 Å². The third kappa shape index (κ3) is 4.94. The van der Waals surface area contributed by atoms with Gasteiger partial charge in [0, 0.05) is 38.2 Å². The smallest absolute Gasteiger partial charge is 0.220 e. The van der Waals surface area contributed by atoms with Gasteiger partial charge in [-0.1, -0.05) is 30.3 Å². The van der Waals surface area contributed by atoms with Crippen molar-refractivity contribution in [3.8, 4) is 0 Å². The lowest BCUT2D eigenvalue weighted by Crippen LogP contribution is -2.40. The zero-order chi connectivity index (χ0) is 18.4.